The van der Waals surface area contributed by atoms with Crippen LogP contribution in [0, 0.1) is 5.92 Å². The Morgan fingerprint density at radius 3 is 2.94 bits per heavy atom. The van der Waals surface area contributed by atoms with Crippen molar-refractivity contribution in [3.63, 3.8) is 0 Å². The summed E-state index contributed by atoms with van der Waals surface area (Å²) >= 11 is 1.34. The van der Waals surface area contributed by atoms with Crippen LogP contribution in [0.2, 0.25) is 0 Å². The van der Waals surface area contributed by atoms with Gasteiger partial charge in [0.05, 0.1) is 18.7 Å². The summed E-state index contributed by atoms with van der Waals surface area (Å²) in [6.45, 7) is 5.23. The number of hydrogen-bond donors (Lipinski definition) is 3. The summed E-state index contributed by atoms with van der Waals surface area (Å²) in [6, 6.07) is 2.46. The van der Waals surface area contributed by atoms with Crippen LogP contribution in [0.15, 0.2) is 31.5 Å². The fourth-order valence-electron chi connectivity index (χ4n) is 3.14. The van der Waals surface area contributed by atoms with Crippen LogP contribution >= 0.6 is 11.8 Å². The molecule has 5 N–H and O–H groups in total. The fraction of sp³-hybridized carbons (Fsp3) is 0.636. The minimum Gasteiger partial charge on any atom is -0.493 e. The lowest BCUT2D eigenvalue weighted by Gasteiger charge is -2.24. The Bertz CT molecular complexity index is 945. The molecule has 2 atom stereocenters. The van der Waals surface area contributed by atoms with Gasteiger partial charge in [-0.1, -0.05) is 18.5 Å². The first kappa shape index (κ1) is 25.3. The molecule has 1 aliphatic carbocycles. The van der Waals surface area contributed by atoms with Gasteiger partial charge >= 0.3 is 5.63 Å². The van der Waals surface area contributed by atoms with E-state index >= 15 is 0 Å². The van der Waals surface area contributed by atoms with Gasteiger partial charge in [-0.15, -0.1) is 11.8 Å². The van der Waals surface area contributed by atoms with Gasteiger partial charge in [0.2, 0.25) is 0 Å². The van der Waals surface area contributed by atoms with Gasteiger partial charge in [0.15, 0.2) is 5.66 Å². The largest absolute Gasteiger partial charge is 0.493 e. The van der Waals surface area contributed by atoms with Crippen molar-refractivity contribution in [1.82, 2.24) is 5.32 Å². The van der Waals surface area contributed by atoms with Crippen LogP contribution in [0.4, 0.5) is 0 Å². The van der Waals surface area contributed by atoms with E-state index in [1.54, 1.807) is 13.0 Å². The van der Waals surface area contributed by atoms with Crippen molar-refractivity contribution >= 4 is 28.4 Å². The molecule has 0 spiro atoms. The van der Waals surface area contributed by atoms with E-state index in [-0.39, 0.29) is 5.75 Å². The molecule has 1 aromatic rings. The molecule has 1 fully saturated rings. The third kappa shape index (κ3) is 7.31. The number of ether oxygens (including phenoxy) is 1. The summed E-state index contributed by atoms with van der Waals surface area (Å²) in [4.78, 5) is 34.8. The van der Waals surface area contributed by atoms with Crippen LogP contribution < -0.4 is 27.1 Å². The van der Waals surface area contributed by atoms with Crippen LogP contribution in [-0.4, -0.2) is 47.8 Å². The zero-order valence-electron chi connectivity index (χ0n) is 19.2. The minimum absolute atomic E-state index is 0.261. The van der Waals surface area contributed by atoms with E-state index < -0.39 is 23.2 Å². The first-order chi connectivity index (χ1) is 15.8. The molecule has 1 saturated carbocycles. The number of oxime groups is 1. The number of nitrogens with two attached hydrogens (primary N) is 2. The second kappa shape index (κ2) is 11.7. The van der Waals surface area contributed by atoms with Gasteiger partial charge in [0, 0.05) is 11.8 Å². The third-order valence-corrected chi connectivity index (χ3v) is 6.49. The second-order valence-corrected chi connectivity index (χ2v) is 9.33. The van der Waals surface area contributed by atoms with E-state index in [1.807, 2.05) is 6.92 Å². The van der Waals surface area contributed by atoms with Gasteiger partial charge in [0.1, 0.15) is 28.9 Å². The maximum absolute atomic E-state index is 13.1. The smallest absolute Gasteiger partial charge is 0.339 e. The SMILES string of the molecule is CCC[C@@H](NC(=O)[C@]1(N)CSC(/C(C)=N/OCCCN)=N1)c1cc(OCC2CC2)cc(=O)o1. The van der Waals surface area contributed by atoms with Crippen LogP contribution in [0.1, 0.15) is 57.8 Å². The van der Waals surface area contributed by atoms with Crippen LogP contribution in [-0.2, 0) is 9.63 Å². The molecular formula is C22H33N5O5S. The number of thioether (sulfide) groups is 1. The Hall–Kier alpha value is -2.37. The molecule has 0 bridgehead atoms. The summed E-state index contributed by atoms with van der Waals surface area (Å²) in [6.07, 6.45) is 4.31. The van der Waals surface area contributed by atoms with Gasteiger partial charge < -0.3 is 25.0 Å². The molecule has 0 unspecified atom stereocenters. The average Bonchev–Trinajstić information content (AvgIpc) is 3.53. The van der Waals surface area contributed by atoms with Gasteiger partial charge in [0.25, 0.3) is 5.91 Å². The number of hydrogen-bond acceptors (Lipinski definition) is 10. The lowest BCUT2D eigenvalue weighted by atomic mass is 10.1. The highest BCUT2D eigenvalue weighted by Crippen LogP contribution is 2.30. The Balaban J connectivity index is 1.69. The van der Waals surface area contributed by atoms with Crippen molar-refractivity contribution in [1.29, 1.82) is 0 Å². The number of nitrogens with one attached hydrogen (secondary N) is 1. The van der Waals surface area contributed by atoms with Crippen molar-refractivity contribution in [2.45, 2.75) is 57.7 Å². The monoisotopic (exact) mass is 479 g/mol. The summed E-state index contributed by atoms with van der Waals surface area (Å²) in [5, 5.41) is 7.48. The standard InChI is InChI=1S/C22H33N5O5S/c1-3-5-17(18-10-16(11-19(28)32-18)30-12-15-6-7-15)25-21(29)22(24)13-33-20(26-22)14(2)27-31-9-4-8-23/h10-11,15,17H,3-9,12-13,23-24H2,1-2H3,(H,25,29)/b27-14+/t17-,22+/m1/s1. The molecule has 11 heteroatoms. The normalized spacial score (nSPS) is 21.5. The van der Waals surface area contributed by atoms with Gasteiger partial charge in [-0.05, 0) is 45.1 Å². The quantitative estimate of drug-likeness (QED) is 0.220. The van der Waals surface area contributed by atoms with E-state index in [1.165, 1.54) is 17.8 Å². The summed E-state index contributed by atoms with van der Waals surface area (Å²) in [5.74, 6) is 1.15. The third-order valence-electron chi connectivity index (χ3n) is 5.25. The van der Waals surface area contributed by atoms with E-state index in [0.29, 0.717) is 60.8 Å². The van der Waals surface area contributed by atoms with Crippen molar-refractivity contribution in [3.05, 3.63) is 28.3 Å². The number of aliphatic imine (C=N–C) groups is 1. The van der Waals surface area contributed by atoms with Crippen molar-refractivity contribution in [3.8, 4) is 5.75 Å². The van der Waals surface area contributed by atoms with Crippen molar-refractivity contribution < 1.29 is 18.8 Å². The Morgan fingerprint density at radius 2 is 2.24 bits per heavy atom. The molecule has 0 radical (unpaired) electrons. The summed E-state index contributed by atoms with van der Waals surface area (Å²) in [5.41, 5.74) is 10.3. The average molecular weight is 480 g/mol. The predicted molar refractivity (Wildman–Crippen MR) is 129 cm³/mol. The molecule has 0 aromatic carbocycles. The molecule has 1 aromatic heterocycles. The van der Waals surface area contributed by atoms with Crippen molar-refractivity contribution in [2.75, 3.05) is 25.5 Å². The molecule has 1 aliphatic heterocycles. The topological polar surface area (TPSA) is 155 Å². The first-order valence-electron chi connectivity index (χ1n) is 11.3. The molecule has 10 nitrogen and oxygen atoms in total. The van der Waals surface area contributed by atoms with Gasteiger partial charge in [-0.3, -0.25) is 10.5 Å². The fourth-order valence-corrected chi connectivity index (χ4v) is 4.17. The van der Waals surface area contributed by atoms with E-state index in [4.69, 9.17) is 25.5 Å². The zero-order chi connectivity index (χ0) is 23.8. The number of carbonyl (C=O) groups excluding carboxylic acids is 1. The second-order valence-electron chi connectivity index (χ2n) is 8.37. The highest BCUT2D eigenvalue weighted by Gasteiger charge is 2.41. The number of carbonyl (C=O) groups is 1. The van der Waals surface area contributed by atoms with Crippen LogP contribution in [0.3, 0.4) is 0 Å². The van der Waals surface area contributed by atoms with E-state index in [9.17, 15) is 9.59 Å². The number of nitrogens with zero attached hydrogens (tertiary/aromatic N) is 2. The van der Waals surface area contributed by atoms with Crippen LogP contribution in [0.5, 0.6) is 5.75 Å². The van der Waals surface area contributed by atoms with Gasteiger partial charge in [-0.2, -0.15) is 0 Å². The molecule has 0 saturated heterocycles. The Labute approximate surface area is 197 Å². The number of rotatable bonds is 13. The van der Waals surface area contributed by atoms with Crippen molar-refractivity contribution in [2.24, 2.45) is 27.5 Å². The molecule has 3 rings (SSSR count). The summed E-state index contributed by atoms with van der Waals surface area (Å²) < 4.78 is 11.1. The Kier molecular flexibility index (Phi) is 8.93. The molecule has 2 aliphatic rings. The molecule has 2 heterocycles. The Morgan fingerprint density at radius 1 is 1.45 bits per heavy atom. The molecule has 1 amide bonds. The summed E-state index contributed by atoms with van der Waals surface area (Å²) in [7, 11) is 0. The van der Waals surface area contributed by atoms with E-state index in [0.717, 1.165) is 19.3 Å². The molecular weight excluding hydrogens is 446 g/mol. The highest BCUT2D eigenvalue weighted by molar-refractivity contribution is 8.16. The van der Waals surface area contributed by atoms with E-state index in [2.05, 4.69) is 15.5 Å². The molecule has 182 valence electrons. The first-order valence-corrected chi connectivity index (χ1v) is 12.3. The minimum atomic E-state index is -1.46. The van der Waals surface area contributed by atoms with Gasteiger partial charge in [-0.25, -0.2) is 9.79 Å². The highest BCUT2D eigenvalue weighted by atomic mass is 32.2. The lowest BCUT2D eigenvalue weighted by molar-refractivity contribution is -0.126. The van der Waals surface area contributed by atoms with Crippen LogP contribution in [0.25, 0.3) is 0 Å². The maximum atomic E-state index is 13.1. The number of amides is 1. The molecule has 33 heavy (non-hydrogen) atoms. The lowest BCUT2D eigenvalue weighted by Crippen LogP contribution is -2.54. The predicted octanol–water partition coefficient (Wildman–Crippen LogP) is 1.93. The maximum Gasteiger partial charge on any atom is 0.339 e. The zero-order valence-corrected chi connectivity index (χ0v) is 20.0.